The third-order valence-corrected chi connectivity index (χ3v) is 9.51. The summed E-state index contributed by atoms with van der Waals surface area (Å²) >= 11 is 2.83. The van der Waals surface area contributed by atoms with E-state index in [0.29, 0.717) is 41.9 Å². The number of hydrogen-bond donors (Lipinski definition) is 0. The summed E-state index contributed by atoms with van der Waals surface area (Å²) in [5.74, 6) is 0.818. The molecule has 0 amide bonds. The van der Waals surface area contributed by atoms with Crippen LogP contribution in [0.5, 0.6) is 0 Å². The van der Waals surface area contributed by atoms with Crippen LogP contribution in [0.15, 0.2) is 24.3 Å². The van der Waals surface area contributed by atoms with Crippen LogP contribution < -0.4 is 9.80 Å². The van der Waals surface area contributed by atoms with E-state index in [1.54, 1.807) is 0 Å². The zero-order chi connectivity index (χ0) is 25.6. The normalized spacial score (nSPS) is 14.9. The number of hydrogen-bond acceptors (Lipinski definition) is 10. The van der Waals surface area contributed by atoms with Crippen LogP contribution in [0.3, 0.4) is 0 Å². The van der Waals surface area contributed by atoms with Crippen molar-refractivity contribution in [1.29, 1.82) is 5.26 Å². The molecule has 1 fully saturated rings. The highest BCUT2D eigenvalue weighted by Gasteiger charge is 2.28. The number of imidazole rings is 1. The van der Waals surface area contributed by atoms with Crippen LogP contribution in [0.2, 0.25) is 0 Å². The summed E-state index contributed by atoms with van der Waals surface area (Å²) in [5.41, 5.74) is 3.63. The molecule has 1 aromatic carbocycles. The second kappa shape index (κ2) is 9.44. The van der Waals surface area contributed by atoms with E-state index in [0.717, 1.165) is 39.2 Å². The molecule has 0 saturated carbocycles. The summed E-state index contributed by atoms with van der Waals surface area (Å²) in [7, 11) is -1.27. The molecule has 0 aliphatic carbocycles. The van der Waals surface area contributed by atoms with Crippen LogP contribution in [0.1, 0.15) is 23.1 Å². The molecule has 3 aromatic heterocycles. The topological polar surface area (TPSA) is 111 Å². The minimum absolute atomic E-state index is 0.436. The van der Waals surface area contributed by atoms with Gasteiger partial charge in [-0.1, -0.05) is 59.4 Å². The lowest BCUT2D eigenvalue weighted by Gasteiger charge is -2.32. The largest absolute Gasteiger partial charge is 0.344 e. The van der Waals surface area contributed by atoms with E-state index in [1.165, 1.54) is 33.2 Å². The highest BCUT2D eigenvalue weighted by molar-refractivity contribution is 7.88. The first kappa shape index (κ1) is 24.6. The number of sulfonamides is 1. The van der Waals surface area contributed by atoms with Crippen LogP contribution in [0.4, 0.5) is 16.1 Å². The molecule has 13 heteroatoms. The van der Waals surface area contributed by atoms with Crippen molar-refractivity contribution in [2.45, 2.75) is 20.3 Å². The summed E-state index contributed by atoms with van der Waals surface area (Å²) in [6, 6.07) is 10.3. The fourth-order valence-corrected chi connectivity index (χ4v) is 6.85. The number of benzene rings is 1. The molecule has 36 heavy (non-hydrogen) atoms. The van der Waals surface area contributed by atoms with Crippen LogP contribution in [-0.4, -0.2) is 71.8 Å². The number of fused-ring (bicyclic) bond motifs is 1. The zero-order valence-corrected chi connectivity index (χ0v) is 22.9. The minimum atomic E-state index is -3.19. The Hall–Kier alpha value is -3.05. The van der Waals surface area contributed by atoms with Gasteiger partial charge in [-0.05, 0) is 13.3 Å². The monoisotopic (exact) mass is 542 g/mol. The van der Waals surface area contributed by atoms with Crippen molar-refractivity contribution in [2.24, 2.45) is 0 Å². The number of nitriles is 1. The van der Waals surface area contributed by atoms with Gasteiger partial charge in [0.15, 0.2) is 10.9 Å². The third kappa shape index (κ3) is 4.45. The Morgan fingerprint density at radius 1 is 1.11 bits per heavy atom. The van der Waals surface area contributed by atoms with E-state index in [2.05, 4.69) is 17.9 Å². The summed E-state index contributed by atoms with van der Waals surface area (Å²) in [4.78, 5) is 15.0. The second-order valence-corrected chi connectivity index (χ2v) is 12.6. The summed E-state index contributed by atoms with van der Waals surface area (Å²) in [5, 5.41) is 16.1. The van der Waals surface area contributed by atoms with Gasteiger partial charge >= 0.3 is 0 Å². The van der Waals surface area contributed by atoms with Gasteiger partial charge in [0.2, 0.25) is 20.1 Å². The summed E-state index contributed by atoms with van der Waals surface area (Å²) in [6.45, 7) is 6.10. The van der Waals surface area contributed by atoms with Gasteiger partial charge in [-0.3, -0.25) is 0 Å². The Labute approximate surface area is 218 Å². The number of piperazine rings is 1. The van der Waals surface area contributed by atoms with Gasteiger partial charge in [0, 0.05) is 38.8 Å². The Kier molecular flexibility index (Phi) is 6.46. The average Bonchev–Trinajstić information content (AvgIpc) is 3.56. The van der Waals surface area contributed by atoms with E-state index < -0.39 is 10.0 Å². The molecule has 1 aliphatic rings. The Balaban J connectivity index is 1.48. The Bertz CT molecular complexity index is 1560. The summed E-state index contributed by atoms with van der Waals surface area (Å²) in [6.07, 6.45) is 1.97. The van der Waals surface area contributed by atoms with Crippen molar-refractivity contribution < 1.29 is 8.42 Å². The molecule has 0 bridgehead atoms. The highest BCUT2D eigenvalue weighted by Crippen LogP contribution is 2.38. The Morgan fingerprint density at radius 2 is 1.81 bits per heavy atom. The molecule has 1 aliphatic heterocycles. The van der Waals surface area contributed by atoms with Gasteiger partial charge in [-0.25, -0.2) is 18.4 Å². The third-order valence-electron chi connectivity index (χ3n) is 6.20. The smallest absolute Gasteiger partial charge is 0.216 e. The number of thiazole rings is 1. The molecule has 188 valence electrons. The predicted molar refractivity (Wildman–Crippen MR) is 144 cm³/mol. The zero-order valence-electron chi connectivity index (χ0n) is 20.5. The van der Waals surface area contributed by atoms with Crippen molar-refractivity contribution in [1.82, 2.24) is 23.9 Å². The molecular weight excluding hydrogens is 517 g/mol. The maximum atomic E-state index is 11.9. The standard InChI is InChI=1S/C23H26N8O2S3/c1-5-17-20(28(3)21-26-19(18(14-24)34-21)16-8-6-15(2)7-9-16)31-22(25-17)35-23(27-31)29-10-12-30(13-11-29)36(4,32)33/h6-9H,5,10-13H2,1-4H3. The molecule has 0 N–H and O–H groups in total. The lowest BCUT2D eigenvalue weighted by molar-refractivity contribution is 0.387. The van der Waals surface area contributed by atoms with Crippen molar-refractivity contribution in [3.05, 3.63) is 40.4 Å². The number of nitrogens with zero attached hydrogens (tertiary/aromatic N) is 8. The predicted octanol–water partition coefficient (Wildman–Crippen LogP) is 3.51. The maximum Gasteiger partial charge on any atom is 0.216 e. The van der Waals surface area contributed by atoms with E-state index in [4.69, 9.17) is 15.1 Å². The molecule has 10 nitrogen and oxygen atoms in total. The first-order chi connectivity index (χ1) is 17.2. The lowest BCUT2D eigenvalue weighted by atomic mass is 10.1. The van der Waals surface area contributed by atoms with E-state index in [9.17, 15) is 13.7 Å². The van der Waals surface area contributed by atoms with Gasteiger partial charge in [0.1, 0.15) is 16.6 Å². The van der Waals surface area contributed by atoms with Gasteiger partial charge in [-0.2, -0.15) is 14.1 Å². The van der Waals surface area contributed by atoms with Crippen molar-refractivity contribution >= 4 is 53.7 Å². The quantitative estimate of drug-likeness (QED) is 0.364. The summed E-state index contributed by atoms with van der Waals surface area (Å²) < 4.78 is 27.0. The molecule has 0 radical (unpaired) electrons. The van der Waals surface area contributed by atoms with Gasteiger partial charge in [0.05, 0.1) is 11.9 Å². The van der Waals surface area contributed by atoms with Crippen molar-refractivity contribution in [3.8, 4) is 17.3 Å². The molecular formula is C23H26N8O2S3. The van der Waals surface area contributed by atoms with Crippen LogP contribution in [0, 0.1) is 18.3 Å². The Morgan fingerprint density at radius 3 is 2.42 bits per heavy atom. The molecule has 1 saturated heterocycles. The van der Waals surface area contributed by atoms with E-state index >= 15 is 0 Å². The molecule has 5 rings (SSSR count). The molecule has 0 unspecified atom stereocenters. The average molecular weight is 543 g/mol. The number of aryl methyl sites for hydroxylation is 2. The van der Waals surface area contributed by atoms with Crippen LogP contribution >= 0.6 is 22.7 Å². The number of rotatable bonds is 6. The second-order valence-electron chi connectivity index (χ2n) is 8.67. The fraction of sp³-hybridized carbons (Fsp3) is 0.391. The first-order valence-electron chi connectivity index (χ1n) is 11.5. The number of aromatic nitrogens is 4. The number of anilines is 3. The lowest BCUT2D eigenvalue weighted by Crippen LogP contribution is -2.48. The molecule has 4 aromatic rings. The molecule has 0 spiro atoms. The van der Waals surface area contributed by atoms with Gasteiger partial charge < -0.3 is 9.80 Å². The maximum absolute atomic E-state index is 11.9. The fourth-order valence-electron chi connectivity index (χ4n) is 4.21. The minimum Gasteiger partial charge on any atom is -0.344 e. The highest BCUT2D eigenvalue weighted by atomic mass is 32.2. The molecule has 0 atom stereocenters. The first-order valence-corrected chi connectivity index (χ1v) is 15.0. The van der Waals surface area contributed by atoms with E-state index in [1.807, 2.05) is 47.7 Å². The van der Waals surface area contributed by atoms with Gasteiger partial charge in [0.25, 0.3) is 0 Å². The van der Waals surface area contributed by atoms with E-state index in [-0.39, 0.29) is 0 Å². The molecule has 4 heterocycles. The van der Waals surface area contributed by atoms with Crippen molar-refractivity contribution in [2.75, 3.05) is 49.3 Å². The van der Waals surface area contributed by atoms with Crippen LogP contribution in [0.25, 0.3) is 16.2 Å². The SMILES string of the molecule is CCc1nc2sc(N3CCN(S(C)(=O)=O)CC3)nn2c1N(C)c1nc(-c2ccc(C)cc2)c(C#N)s1. The van der Waals surface area contributed by atoms with Gasteiger partial charge in [-0.15, -0.1) is 5.10 Å². The van der Waals surface area contributed by atoms with Crippen LogP contribution in [-0.2, 0) is 16.4 Å². The van der Waals surface area contributed by atoms with Crippen molar-refractivity contribution in [3.63, 3.8) is 0 Å².